The van der Waals surface area contributed by atoms with Gasteiger partial charge in [0.15, 0.2) is 5.82 Å². The maximum absolute atomic E-state index is 12.5. The van der Waals surface area contributed by atoms with Crippen molar-refractivity contribution in [3.63, 3.8) is 0 Å². The van der Waals surface area contributed by atoms with Gasteiger partial charge in [-0.2, -0.15) is 4.98 Å². The molecule has 0 radical (unpaired) electrons. The Kier molecular flexibility index (Phi) is 6.68. The number of nitrogens with zero attached hydrogens (tertiary/aromatic N) is 4. The summed E-state index contributed by atoms with van der Waals surface area (Å²) in [5, 5.41) is 3.89. The smallest absolute Gasteiger partial charge is 0.252 e. The van der Waals surface area contributed by atoms with E-state index in [1.165, 1.54) is 0 Å². The molecule has 140 valence electrons. The molecular weight excluding hydrogens is 336 g/mol. The topological polar surface area (TPSA) is 90.6 Å². The Morgan fingerprint density at radius 2 is 2.38 bits per heavy atom. The van der Waals surface area contributed by atoms with E-state index in [-0.39, 0.29) is 12.0 Å². The van der Waals surface area contributed by atoms with Crippen molar-refractivity contribution < 1.29 is 18.8 Å². The molecule has 0 saturated carbocycles. The lowest BCUT2D eigenvalue weighted by atomic mass is 10.1. The van der Waals surface area contributed by atoms with E-state index >= 15 is 0 Å². The molecule has 3 rings (SSSR count). The summed E-state index contributed by atoms with van der Waals surface area (Å²) in [5.41, 5.74) is 0.935. The molecule has 1 atom stereocenters. The minimum absolute atomic E-state index is 0.0481. The molecule has 0 bridgehead atoms. The third kappa shape index (κ3) is 5.34. The van der Waals surface area contributed by atoms with Crippen LogP contribution in [-0.2, 0) is 33.7 Å². The van der Waals surface area contributed by atoms with Crippen molar-refractivity contribution in [2.45, 2.75) is 38.4 Å². The van der Waals surface area contributed by atoms with Gasteiger partial charge in [0, 0.05) is 39.0 Å². The van der Waals surface area contributed by atoms with E-state index in [0.29, 0.717) is 44.3 Å². The lowest BCUT2D eigenvalue weighted by Gasteiger charge is -2.32. The molecule has 0 aliphatic carbocycles. The highest BCUT2D eigenvalue weighted by atomic mass is 16.5. The number of pyridine rings is 1. The SMILES string of the molecule is COCc1nc(CCOC2CCCN(C(=O)Cc3cccnc3)C2)no1. The standard InChI is InChI=1S/C18H24N4O4/c1-24-13-17-20-16(21-26-17)6-9-25-15-5-3-8-22(12-15)18(23)10-14-4-2-7-19-11-14/h2,4,7,11,15H,3,5-6,8-10,12-13H2,1H3. The number of rotatable bonds is 8. The van der Waals surface area contributed by atoms with E-state index in [2.05, 4.69) is 15.1 Å². The predicted molar refractivity (Wildman–Crippen MR) is 92.2 cm³/mol. The number of methoxy groups -OCH3 is 1. The van der Waals surface area contributed by atoms with Crippen LogP contribution in [0, 0.1) is 0 Å². The number of carbonyl (C=O) groups is 1. The number of aromatic nitrogens is 3. The Morgan fingerprint density at radius 1 is 1.46 bits per heavy atom. The number of piperidine rings is 1. The largest absolute Gasteiger partial charge is 0.376 e. The van der Waals surface area contributed by atoms with Crippen LogP contribution in [0.4, 0.5) is 0 Å². The summed E-state index contributed by atoms with van der Waals surface area (Å²) in [6.07, 6.45) is 6.35. The zero-order chi connectivity index (χ0) is 18.2. The maximum atomic E-state index is 12.5. The number of carbonyl (C=O) groups excluding carboxylic acids is 1. The van der Waals surface area contributed by atoms with Gasteiger partial charge >= 0.3 is 0 Å². The molecule has 1 saturated heterocycles. The first kappa shape index (κ1) is 18.5. The van der Waals surface area contributed by atoms with Crippen molar-refractivity contribution in [1.82, 2.24) is 20.0 Å². The molecule has 2 aromatic rings. The molecule has 0 N–H and O–H groups in total. The van der Waals surface area contributed by atoms with Gasteiger partial charge in [0.05, 0.1) is 19.1 Å². The summed E-state index contributed by atoms with van der Waals surface area (Å²) >= 11 is 0. The van der Waals surface area contributed by atoms with Gasteiger partial charge in [0.25, 0.3) is 5.89 Å². The van der Waals surface area contributed by atoms with Crippen LogP contribution in [-0.4, -0.2) is 58.8 Å². The molecular formula is C18H24N4O4. The first-order chi connectivity index (χ1) is 12.7. The van der Waals surface area contributed by atoms with Crippen molar-refractivity contribution in [2.75, 3.05) is 26.8 Å². The molecule has 0 aromatic carbocycles. The lowest BCUT2D eigenvalue weighted by Crippen LogP contribution is -2.44. The van der Waals surface area contributed by atoms with E-state index in [1.54, 1.807) is 19.5 Å². The van der Waals surface area contributed by atoms with Crippen LogP contribution in [0.3, 0.4) is 0 Å². The summed E-state index contributed by atoms with van der Waals surface area (Å²) in [7, 11) is 1.58. The normalized spacial score (nSPS) is 17.4. The van der Waals surface area contributed by atoms with E-state index < -0.39 is 0 Å². The summed E-state index contributed by atoms with van der Waals surface area (Å²) in [5.74, 6) is 1.19. The first-order valence-electron chi connectivity index (χ1n) is 8.83. The Bertz CT molecular complexity index is 692. The van der Waals surface area contributed by atoms with Gasteiger partial charge in [0.2, 0.25) is 5.91 Å². The number of hydrogen-bond donors (Lipinski definition) is 0. The zero-order valence-electron chi connectivity index (χ0n) is 15.0. The molecule has 1 unspecified atom stereocenters. The molecule has 1 aliphatic heterocycles. The molecule has 1 fully saturated rings. The predicted octanol–water partition coefficient (Wildman–Crippen LogP) is 1.40. The molecule has 2 aromatic heterocycles. The quantitative estimate of drug-likeness (QED) is 0.703. The Hall–Kier alpha value is -2.32. The lowest BCUT2D eigenvalue weighted by molar-refractivity contribution is -0.134. The van der Waals surface area contributed by atoms with Gasteiger partial charge in [-0.1, -0.05) is 11.2 Å². The molecule has 3 heterocycles. The minimum Gasteiger partial charge on any atom is -0.376 e. The molecule has 1 aliphatic rings. The molecule has 8 nitrogen and oxygen atoms in total. The van der Waals surface area contributed by atoms with Gasteiger partial charge in [-0.15, -0.1) is 0 Å². The second kappa shape index (κ2) is 9.40. The average molecular weight is 360 g/mol. The monoisotopic (exact) mass is 360 g/mol. The van der Waals surface area contributed by atoms with Crippen molar-refractivity contribution in [2.24, 2.45) is 0 Å². The summed E-state index contributed by atoms with van der Waals surface area (Å²) < 4.78 is 15.9. The summed E-state index contributed by atoms with van der Waals surface area (Å²) in [4.78, 5) is 22.6. The minimum atomic E-state index is 0.0481. The van der Waals surface area contributed by atoms with Crippen LogP contribution in [0.5, 0.6) is 0 Å². The highest BCUT2D eigenvalue weighted by Crippen LogP contribution is 2.15. The average Bonchev–Trinajstić information content (AvgIpc) is 3.10. The van der Waals surface area contributed by atoms with Crippen LogP contribution in [0.1, 0.15) is 30.1 Å². The fourth-order valence-corrected chi connectivity index (χ4v) is 2.98. The zero-order valence-corrected chi connectivity index (χ0v) is 15.0. The van der Waals surface area contributed by atoms with Crippen LogP contribution in [0.2, 0.25) is 0 Å². The molecule has 26 heavy (non-hydrogen) atoms. The second-order valence-electron chi connectivity index (χ2n) is 6.30. The Balaban J connectivity index is 1.42. The number of hydrogen-bond acceptors (Lipinski definition) is 7. The molecule has 0 spiro atoms. The number of amides is 1. The highest BCUT2D eigenvalue weighted by Gasteiger charge is 2.24. The van der Waals surface area contributed by atoms with Crippen molar-refractivity contribution in [3.8, 4) is 0 Å². The Labute approximate surface area is 152 Å². The molecule has 1 amide bonds. The third-order valence-corrected chi connectivity index (χ3v) is 4.27. The van der Waals surface area contributed by atoms with Crippen LogP contribution < -0.4 is 0 Å². The third-order valence-electron chi connectivity index (χ3n) is 4.27. The first-order valence-corrected chi connectivity index (χ1v) is 8.83. The van der Waals surface area contributed by atoms with Gasteiger partial charge < -0.3 is 18.9 Å². The van der Waals surface area contributed by atoms with Crippen molar-refractivity contribution >= 4 is 5.91 Å². The fraction of sp³-hybridized carbons (Fsp3) is 0.556. The van der Waals surface area contributed by atoms with Gasteiger partial charge in [-0.25, -0.2) is 0 Å². The second-order valence-corrected chi connectivity index (χ2v) is 6.30. The van der Waals surface area contributed by atoms with Crippen LogP contribution in [0.15, 0.2) is 29.0 Å². The molecule has 8 heteroatoms. The van der Waals surface area contributed by atoms with Crippen LogP contribution >= 0.6 is 0 Å². The van der Waals surface area contributed by atoms with Crippen molar-refractivity contribution in [3.05, 3.63) is 41.8 Å². The van der Waals surface area contributed by atoms with Crippen LogP contribution in [0.25, 0.3) is 0 Å². The van der Waals surface area contributed by atoms with Crippen molar-refractivity contribution in [1.29, 1.82) is 0 Å². The van der Waals surface area contributed by atoms with E-state index in [4.69, 9.17) is 14.0 Å². The Morgan fingerprint density at radius 3 is 3.19 bits per heavy atom. The summed E-state index contributed by atoms with van der Waals surface area (Å²) in [6, 6.07) is 3.77. The summed E-state index contributed by atoms with van der Waals surface area (Å²) in [6.45, 7) is 2.22. The number of likely N-dealkylation sites (tertiary alicyclic amines) is 1. The maximum Gasteiger partial charge on any atom is 0.252 e. The highest BCUT2D eigenvalue weighted by molar-refractivity contribution is 5.78. The van der Waals surface area contributed by atoms with Gasteiger partial charge in [-0.05, 0) is 24.5 Å². The van der Waals surface area contributed by atoms with E-state index in [9.17, 15) is 4.79 Å². The van der Waals surface area contributed by atoms with Gasteiger partial charge in [0.1, 0.15) is 6.61 Å². The van der Waals surface area contributed by atoms with E-state index in [1.807, 2.05) is 17.0 Å². The number of ether oxygens (including phenoxy) is 2. The van der Waals surface area contributed by atoms with E-state index in [0.717, 1.165) is 24.9 Å². The fourth-order valence-electron chi connectivity index (χ4n) is 2.98. The van der Waals surface area contributed by atoms with Gasteiger partial charge in [-0.3, -0.25) is 9.78 Å².